The number of ether oxygens (including phenoxy) is 1. The third-order valence-electron chi connectivity index (χ3n) is 5.17. The zero-order chi connectivity index (χ0) is 20.2. The Morgan fingerprint density at radius 2 is 1.90 bits per heavy atom. The highest BCUT2D eigenvalue weighted by atomic mass is 35.5. The lowest BCUT2D eigenvalue weighted by atomic mass is 10.2. The van der Waals surface area contributed by atoms with Crippen molar-refractivity contribution in [1.82, 2.24) is 9.88 Å². The molecule has 0 radical (unpaired) electrons. The summed E-state index contributed by atoms with van der Waals surface area (Å²) in [5.74, 6) is 0.804. The highest BCUT2D eigenvalue weighted by molar-refractivity contribution is 7.16. The van der Waals surface area contributed by atoms with Gasteiger partial charge in [0, 0.05) is 32.2 Å². The molecule has 0 bridgehead atoms. The van der Waals surface area contributed by atoms with Crippen molar-refractivity contribution in [2.75, 3.05) is 44.2 Å². The highest BCUT2D eigenvalue weighted by Gasteiger charge is 2.19. The van der Waals surface area contributed by atoms with Crippen molar-refractivity contribution in [3.8, 4) is 5.75 Å². The monoisotopic (exact) mass is 451 g/mol. The van der Waals surface area contributed by atoms with Crippen LogP contribution in [0.4, 0.5) is 5.69 Å². The molecule has 0 spiro atoms. The van der Waals surface area contributed by atoms with Crippen LogP contribution in [-0.4, -0.2) is 49.2 Å². The van der Waals surface area contributed by atoms with Gasteiger partial charge >= 0.3 is 4.87 Å². The number of piperazine rings is 1. The molecule has 154 valence electrons. The molecule has 0 atom stereocenters. The molecule has 0 unspecified atom stereocenters. The van der Waals surface area contributed by atoms with Crippen LogP contribution in [-0.2, 0) is 0 Å². The molecule has 1 aliphatic rings. The molecule has 0 aliphatic carbocycles. The Morgan fingerprint density at radius 3 is 2.72 bits per heavy atom. The summed E-state index contributed by atoms with van der Waals surface area (Å²) in [6.45, 7) is 5.69. The number of halogens is 2. The van der Waals surface area contributed by atoms with Gasteiger partial charge in [-0.15, -0.1) is 0 Å². The molecule has 3 aromatic rings. The van der Waals surface area contributed by atoms with Crippen LogP contribution in [0.3, 0.4) is 0 Å². The van der Waals surface area contributed by atoms with E-state index in [1.165, 1.54) is 11.3 Å². The first-order valence-corrected chi connectivity index (χ1v) is 11.3. The van der Waals surface area contributed by atoms with E-state index in [1.54, 1.807) is 0 Å². The average Bonchev–Trinajstić information content (AvgIpc) is 3.10. The SMILES string of the molecule is O=c1[nH]c2cc(OCCCCN3CCN(c4cccc(Cl)c4Cl)CC3)ccc2s1. The van der Waals surface area contributed by atoms with Gasteiger partial charge in [0.05, 0.1) is 32.6 Å². The normalized spacial score (nSPS) is 15.2. The molecular formula is C21H23Cl2N3O2S. The number of nitrogens with one attached hydrogen (secondary N) is 1. The summed E-state index contributed by atoms with van der Waals surface area (Å²) in [4.78, 5) is 19.0. The van der Waals surface area contributed by atoms with Crippen LogP contribution >= 0.6 is 34.5 Å². The molecule has 4 rings (SSSR count). The molecule has 1 fully saturated rings. The van der Waals surface area contributed by atoms with Crippen molar-refractivity contribution in [2.45, 2.75) is 12.8 Å². The molecule has 5 nitrogen and oxygen atoms in total. The minimum Gasteiger partial charge on any atom is -0.494 e. The molecule has 0 saturated carbocycles. The number of aromatic amines is 1. The van der Waals surface area contributed by atoms with E-state index in [-0.39, 0.29) is 4.87 Å². The van der Waals surface area contributed by atoms with Crippen LogP contribution in [0.1, 0.15) is 12.8 Å². The Morgan fingerprint density at radius 1 is 1.07 bits per heavy atom. The van der Waals surface area contributed by atoms with Crippen LogP contribution < -0.4 is 14.5 Å². The number of rotatable bonds is 7. The summed E-state index contributed by atoms with van der Waals surface area (Å²) in [7, 11) is 0. The second-order valence-electron chi connectivity index (χ2n) is 7.13. The molecule has 2 aromatic carbocycles. The minimum absolute atomic E-state index is 0.0325. The van der Waals surface area contributed by atoms with Gasteiger partial charge in [0.25, 0.3) is 0 Å². The number of nitrogens with zero attached hydrogens (tertiary/aromatic N) is 2. The summed E-state index contributed by atoms with van der Waals surface area (Å²) in [6.07, 6.45) is 2.09. The van der Waals surface area contributed by atoms with E-state index in [4.69, 9.17) is 27.9 Å². The van der Waals surface area contributed by atoms with Gasteiger partial charge in [0.15, 0.2) is 0 Å². The van der Waals surface area contributed by atoms with Crippen molar-refractivity contribution >= 4 is 50.4 Å². The maximum absolute atomic E-state index is 11.4. The lowest BCUT2D eigenvalue weighted by Crippen LogP contribution is -2.46. The molecule has 2 heterocycles. The highest BCUT2D eigenvalue weighted by Crippen LogP contribution is 2.32. The van der Waals surface area contributed by atoms with Crippen LogP contribution in [0.15, 0.2) is 41.2 Å². The Hall–Kier alpha value is -1.73. The van der Waals surface area contributed by atoms with E-state index in [1.807, 2.05) is 36.4 Å². The standard InChI is InChI=1S/C21H23Cl2N3O2S/c22-16-4-3-5-18(20(16)23)26-11-9-25(10-12-26)8-1-2-13-28-15-6-7-19-17(14-15)24-21(27)29-19/h3-7,14H,1-2,8-13H2,(H,24,27). The maximum Gasteiger partial charge on any atom is 0.305 e. The van der Waals surface area contributed by atoms with E-state index in [0.29, 0.717) is 16.7 Å². The van der Waals surface area contributed by atoms with Gasteiger partial charge in [-0.3, -0.25) is 9.69 Å². The molecule has 1 aromatic heterocycles. The van der Waals surface area contributed by atoms with Crippen molar-refractivity contribution in [1.29, 1.82) is 0 Å². The number of aromatic nitrogens is 1. The van der Waals surface area contributed by atoms with Crippen molar-refractivity contribution in [3.63, 3.8) is 0 Å². The predicted octanol–water partition coefficient (Wildman–Crippen LogP) is 4.88. The van der Waals surface area contributed by atoms with Gasteiger partial charge in [0.2, 0.25) is 0 Å². The number of anilines is 1. The fraction of sp³-hybridized carbons (Fsp3) is 0.381. The lowest BCUT2D eigenvalue weighted by Gasteiger charge is -2.36. The number of H-pyrrole nitrogens is 1. The van der Waals surface area contributed by atoms with E-state index in [9.17, 15) is 4.79 Å². The number of fused-ring (bicyclic) bond motifs is 1. The molecule has 29 heavy (non-hydrogen) atoms. The van der Waals surface area contributed by atoms with Gasteiger partial charge in [-0.2, -0.15) is 0 Å². The third-order valence-corrected chi connectivity index (χ3v) is 6.84. The fourth-order valence-corrected chi connectivity index (χ4v) is 4.73. The second-order valence-corrected chi connectivity index (χ2v) is 8.93. The van der Waals surface area contributed by atoms with Gasteiger partial charge in [0.1, 0.15) is 5.75 Å². The van der Waals surface area contributed by atoms with Gasteiger partial charge in [-0.25, -0.2) is 0 Å². The summed E-state index contributed by atoms with van der Waals surface area (Å²) in [5.41, 5.74) is 1.87. The van der Waals surface area contributed by atoms with E-state index in [0.717, 1.165) is 67.2 Å². The smallest absolute Gasteiger partial charge is 0.305 e. The topological polar surface area (TPSA) is 48.6 Å². The third kappa shape index (κ3) is 5.07. The molecule has 1 saturated heterocycles. The Balaban J connectivity index is 1.17. The van der Waals surface area contributed by atoms with Crippen molar-refractivity contribution in [2.24, 2.45) is 0 Å². The molecule has 1 aliphatic heterocycles. The molecular weight excluding hydrogens is 429 g/mol. The summed E-state index contributed by atoms with van der Waals surface area (Å²) in [5, 5.41) is 1.25. The quantitative estimate of drug-likeness (QED) is 0.520. The summed E-state index contributed by atoms with van der Waals surface area (Å²) >= 11 is 13.7. The van der Waals surface area contributed by atoms with E-state index in [2.05, 4.69) is 14.8 Å². The summed E-state index contributed by atoms with van der Waals surface area (Å²) in [6, 6.07) is 11.6. The largest absolute Gasteiger partial charge is 0.494 e. The first-order valence-electron chi connectivity index (χ1n) is 9.77. The first-order chi connectivity index (χ1) is 14.1. The zero-order valence-corrected chi connectivity index (χ0v) is 18.3. The average molecular weight is 452 g/mol. The van der Waals surface area contributed by atoms with Gasteiger partial charge in [-0.05, 0) is 43.7 Å². The summed E-state index contributed by atoms with van der Waals surface area (Å²) < 4.78 is 6.80. The maximum atomic E-state index is 11.4. The number of unbranched alkanes of at least 4 members (excludes halogenated alkanes) is 1. The van der Waals surface area contributed by atoms with Crippen molar-refractivity contribution in [3.05, 3.63) is 56.1 Å². The van der Waals surface area contributed by atoms with E-state index < -0.39 is 0 Å². The Bertz CT molecular complexity index is 1030. The van der Waals surface area contributed by atoms with Crippen molar-refractivity contribution < 1.29 is 4.74 Å². The van der Waals surface area contributed by atoms with Crippen LogP contribution in [0.5, 0.6) is 5.75 Å². The van der Waals surface area contributed by atoms with Crippen LogP contribution in [0, 0.1) is 0 Å². The fourth-order valence-electron chi connectivity index (χ4n) is 3.60. The lowest BCUT2D eigenvalue weighted by molar-refractivity contribution is 0.238. The molecule has 1 N–H and O–H groups in total. The van der Waals surface area contributed by atoms with Crippen LogP contribution in [0.2, 0.25) is 10.0 Å². The minimum atomic E-state index is -0.0325. The van der Waals surface area contributed by atoms with Crippen LogP contribution in [0.25, 0.3) is 10.2 Å². The first kappa shape index (κ1) is 20.5. The molecule has 8 heteroatoms. The van der Waals surface area contributed by atoms with Gasteiger partial charge in [-0.1, -0.05) is 40.6 Å². The number of benzene rings is 2. The van der Waals surface area contributed by atoms with Gasteiger partial charge < -0.3 is 14.6 Å². The predicted molar refractivity (Wildman–Crippen MR) is 122 cm³/mol. The number of hydrogen-bond acceptors (Lipinski definition) is 5. The van der Waals surface area contributed by atoms with E-state index >= 15 is 0 Å². The molecule has 0 amide bonds. The Kier molecular flexibility index (Phi) is 6.65. The number of thiazole rings is 1. The second kappa shape index (κ2) is 9.39. The number of hydrogen-bond donors (Lipinski definition) is 1. The zero-order valence-electron chi connectivity index (χ0n) is 16.0. The Labute approximate surface area is 183 Å².